The zero-order valence-corrected chi connectivity index (χ0v) is 39.9. The first-order valence-electron chi connectivity index (χ1n) is 24.7. The molecule has 5 nitrogen and oxygen atoms in total. The molecule has 1 heterocycles. The number of fused-ring (bicyclic) bond motifs is 5. The highest BCUT2D eigenvalue weighted by molar-refractivity contribution is 6.14. The van der Waals surface area contributed by atoms with Crippen LogP contribution in [0.15, 0.2) is 296 Å². The standard InChI is InChI=1S/C68H48N4O/c1-5-23-53(24-6-1)69(54-25-7-2-8-26-54)57-39-43-59(44-40-57)71(61-37-35-49-19-13-15-21-51(49)47-61)65-33-17-31-63-64-32-18-34-66(68(64)73-67(63)65)72(62-38-36-50-20-14-16-22-52(50)48-62)60-45-41-58(42-46-60)70(55-27-9-3-10-28-55)56-29-11-4-12-30-56/h1-48H. The van der Waals surface area contributed by atoms with Crippen LogP contribution < -0.4 is 19.6 Å². The Morgan fingerprint density at radius 3 is 0.808 bits per heavy atom. The first-order chi connectivity index (χ1) is 36.2. The second-order valence-electron chi connectivity index (χ2n) is 18.2. The summed E-state index contributed by atoms with van der Waals surface area (Å²) in [4.78, 5) is 9.26. The van der Waals surface area contributed by atoms with E-state index in [-0.39, 0.29) is 0 Å². The van der Waals surface area contributed by atoms with Gasteiger partial charge in [-0.1, -0.05) is 158 Å². The third-order valence-corrected chi connectivity index (χ3v) is 13.7. The first kappa shape index (κ1) is 43.2. The Morgan fingerprint density at radius 1 is 0.192 bits per heavy atom. The number of rotatable bonds is 12. The fourth-order valence-corrected chi connectivity index (χ4v) is 10.3. The largest absolute Gasteiger partial charge is 0.452 e. The first-order valence-corrected chi connectivity index (χ1v) is 24.7. The molecule has 12 aromatic carbocycles. The fourth-order valence-electron chi connectivity index (χ4n) is 10.3. The number of anilines is 12. The molecule has 0 aliphatic carbocycles. The molecule has 0 saturated carbocycles. The van der Waals surface area contributed by atoms with Crippen molar-refractivity contribution in [2.24, 2.45) is 0 Å². The van der Waals surface area contributed by atoms with E-state index < -0.39 is 0 Å². The van der Waals surface area contributed by atoms with Crippen molar-refractivity contribution in [1.29, 1.82) is 0 Å². The molecule has 0 spiro atoms. The Bertz CT molecular complexity index is 3690. The molecule has 0 N–H and O–H groups in total. The number of furan rings is 1. The lowest BCUT2D eigenvalue weighted by Gasteiger charge is -2.28. The molecule has 0 saturated heterocycles. The third kappa shape index (κ3) is 8.15. The van der Waals surface area contributed by atoms with Gasteiger partial charge >= 0.3 is 0 Å². The van der Waals surface area contributed by atoms with Crippen molar-refractivity contribution in [2.45, 2.75) is 0 Å². The van der Waals surface area contributed by atoms with E-state index in [0.29, 0.717) is 0 Å². The summed E-state index contributed by atoms with van der Waals surface area (Å²) in [5.41, 5.74) is 14.0. The van der Waals surface area contributed by atoms with Crippen LogP contribution in [0.5, 0.6) is 0 Å². The predicted molar refractivity (Wildman–Crippen MR) is 307 cm³/mol. The number of para-hydroxylation sites is 6. The number of benzene rings is 12. The quantitative estimate of drug-likeness (QED) is 0.122. The predicted octanol–water partition coefficient (Wildman–Crippen LogP) is 19.8. The lowest BCUT2D eigenvalue weighted by atomic mass is 10.1. The van der Waals surface area contributed by atoms with Crippen LogP contribution in [0.4, 0.5) is 68.2 Å². The van der Waals surface area contributed by atoms with Crippen molar-refractivity contribution < 1.29 is 4.42 Å². The van der Waals surface area contributed by atoms with Crippen molar-refractivity contribution in [3.05, 3.63) is 291 Å². The molecule has 1 aromatic heterocycles. The molecule has 73 heavy (non-hydrogen) atoms. The summed E-state index contributed by atoms with van der Waals surface area (Å²) in [5.74, 6) is 0. The Labute approximate surface area is 424 Å². The van der Waals surface area contributed by atoms with Gasteiger partial charge in [-0.3, -0.25) is 0 Å². The summed E-state index contributed by atoms with van der Waals surface area (Å²) >= 11 is 0. The Morgan fingerprint density at radius 2 is 0.466 bits per heavy atom. The third-order valence-electron chi connectivity index (χ3n) is 13.7. The van der Waals surface area contributed by atoms with Crippen LogP contribution in [0.25, 0.3) is 43.5 Å². The zero-order valence-electron chi connectivity index (χ0n) is 39.9. The molecule has 0 unspecified atom stereocenters. The van der Waals surface area contributed by atoms with E-state index in [4.69, 9.17) is 4.42 Å². The molecule has 0 aliphatic rings. The van der Waals surface area contributed by atoms with Crippen LogP contribution in [0, 0.1) is 0 Å². The van der Waals surface area contributed by atoms with E-state index in [1.165, 1.54) is 10.8 Å². The van der Waals surface area contributed by atoms with Gasteiger partial charge in [0.25, 0.3) is 0 Å². The van der Waals surface area contributed by atoms with Gasteiger partial charge in [-0.15, -0.1) is 0 Å². The molecule has 13 aromatic rings. The number of hydrogen-bond donors (Lipinski definition) is 0. The molecular formula is C68H48N4O. The van der Waals surface area contributed by atoms with Crippen LogP contribution in [-0.2, 0) is 0 Å². The van der Waals surface area contributed by atoms with Gasteiger partial charge in [0.2, 0.25) is 0 Å². The van der Waals surface area contributed by atoms with Crippen LogP contribution in [0.1, 0.15) is 0 Å². The fraction of sp³-hybridized carbons (Fsp3) is 0. The smallest absolute Gasteiger partial charge is 0.159 e. The summed E-state index contributed by atoms with van der Waals surface area (Å²) < 4.78 is 7.39. The molecule has 346 valence electrons. The summed E-state index contributed by atoms with van der Waals surface area (Å²) in [5, 5.41) is 6.76. The zero-order chi connectivity index (χ0) is 48.5. The topological polar surface area (TPSA) is 26.1 Å². The Balaban J connectivity index is 0.971. The van der Waals surface area contributed by atoms with Gasteiger partial charge in [-0.05, 0) is 155 Å². The molecule has 0 atom stereocenters. The van der Waals surface area contributed by atoms with Gasteiger partial charge < -0.3 is 24.0 Å². The maximum Gasteiger partial charge on any atom is 0.159 e. The van der Waals surface area contributed by atoms with Gasteiger partial charge in [-0.2, -0.15) is 0 Å². The monoisotopic (exact) mass is 936 g/mol. The molecule has 0 aliphatic heterocycles. The SMILES string of the molecule is c1ccc(N(c2ccccc2)c2ccc(N(c3ccc4ccccc4c3)c3cccc4c3oc3c(N(c5ccc(N(c6ccccc6)c6ccccc6)cc5)c5ccc6ccccc6c5)cccc34)cc2)cc1. The van der Waals surface area contributed by atoms with Crippen molar-refractivity contribution in [2.75, 3.05) is 19.6 Å². The molecule has 0 fully saturated rings. The van der Waals surface area contributed by atoms with Gasteiger partial charge in [0.05, 0.1) is 11.4 Å². The number of nitrogens with zero attached hydrogens (tertiary/aromatic N) is 4. The minimum Gasteiger partial charge on any atom is -0.452 e. The molecule has 13 rings (SSSR count). The molecular weight excluding hydrogens is 889 g/mol. The lowest BCUT2D eigenvalue weighted by Crippen LogP contribution is -2.12. The van der Waals surface area contributed by atoms with E-state index in [1.54, 1.807) is 0 Å². The lowest BCUT2D eigenvalue weighted by molar-refractivity contribution is 0.669. The maximum atomic E-state index is 7.39. The van der Waals surface area contributed by atoms with Gasteiger partial charge in [0.1, 0.15) is 0 Å². The van der Waals surface area contributed by atoms with Crippen LogP contribution in [0.2, 0.25) is 0 Å². The van der Waals surface area contributed by atoms with Gasteiger partial charge in [0.15, 0.2) is 11.2 Å². The molecule has 0 bridgehead atoms. The molecule has 0 amide bonds. The Hall–Kier alpha value is -9.84. The highest BCUT2D eigenvalue weighted by Crippen LogP contribution is 2.48. The van der Waals surface area contributed by atoms with Gasteiger partial charge in [-0.25, -0.2) is 0 Å². The second-order valence-corrected chi connectivity index (χ2v) is 18.2. The highest BCUT2D eigenvalue weighted by Gasteiger charge is 2.25. The van der Waals surface area contributed by atoms with Crippen molar-refractivity contribution >= 4 is 112 Å². The van der Waals surface area contributed by atoms with Crippen molar-refractivity contribution in [1.82, 2.24) is 0 Å². The van der Waals surface area contributed by atoms with E-state index in [1.807, 2.05) is 0 Å². The average Bonchev–Trinajstić information content (AvgIpc) is 3.86. The maximum absolute atomic E-state index is 7.39. The average molecular weight is 937 g/mol. The van der Waals surface area contributed by atoms with Crippen molar-refractivity contribution in [3.8, 4) is 0 Å². The summed E-state index contributed by atoms with van der Waals surface area (Å²) in [6, 6.07) is 103. The highest BCUT2D eigenvalue weighted by atomic mass is 16.3. The second kappa shape index (κ2) is 18.8. The van der Waals surface area contributed by atoms with Crippen LogP contribution in [-0.4, -0.2) is 0 Å². The van der Waals surface area contributed by atoms with Crippen LogP contribution in [0.3, 0.4) is 0 Å². The minimum atomic E-state index is 0.799. The van der Waals surface area contributed by atoms with Crippen molar-refractivity contribution in [3.63, 3.8) is 0 Å². The minimum absolute atomic E-state index is 0.799. The molecule has 5 heteroatoms. The Kier molecular flexibility index (Phi) is 11.1. The summed E-state index contributed by atoms with van der Waals surface area (Å²) in [6.07, 6.45) is 0. The molecule has 0 radical (unpaired) electrons. The van der Waals surface area contributed by atoms with Crippen LogP contribution >= 0.6 is 0 Å². The van der Waals surface area contributed by atoms with E-state index in [2.05, 4.69) is 311 Å². The van der Waals surface area contributed by atoms with E-state index in [9.17, 15) is 0 Å². The van der Waals surface area contributed by atoms with E-state index >= 15 is 0 Å². The van der Waals surface area contributed by atoms with Gasteiger partial charge in [0, 0.05) is 67.6 Å². The van der Waals surface area contributed by atoms with E-state index in [0.717, 1.165) is 101 Å². The normalized spacial score (nSPS) is 11.3. The summed E-state index contributed by atoms with van der Waals surface area (Å²) in [6.45, 7) is 0. The number of hydrogen-bond acceptors (Lipinski definition) is 5. The summed E-state index contributed by atoms with van der Waals surface area (Å²) in [7, 11) is 0.